The fourth-order valence-corrected chi connectivity index (χ4v) is 1.47. The molecule has 0 atom stereocenters. The molecule has 1 aromatic carbocycles. The number of hydrogen-bond acceptors (Lipinski definition) is 3. The lowest BCUT2D eigenvalue weighted by Crippen LogP contribution is -2.09. The number of carbonyl (C=O) groups is 1. The van der Waals surface area contributed by atoms with Crippen LogP contribution in [-0.2, 0) is 16.0 Å². The SMILES string of the molecule is CCCOC(=O)Cc1cc(C)ccc1OC. The van der Waals surface area contributed by atoms with Crippen molar-refractivity contribution in [3.8, 4) is 5.75 Å². The van der Waals surface area contributed by atoms with Gasteiger partial charge in [0.05, 0.1) is 20.1 Å². The lowest BCUT2D eigenvalue weighted by molar-refractivity contribution is -0.142. The van der Waals surface area contributed by atoms with Crippen LogP contribution in [0.4, 0.5) is 0 Å². The molecule has 0 aromatic heterocycles. The summed E-state index contributed by atoms with van der Waals surface area (Å²) in [6.45, 7) is 4.44. The minimum absolute atomic E-state index is 0.203. The Morgan fingerprint density at radius 3 is 2.75 bits per heavy atom. The van der Waals surface area contributed by atoms with E-state index in [1.54, 1.807) is 7.11 Å². The maximum absolute atomic E-state index is 11.5. The Kier molecular flexibility index (Phi) is 4.83. The predicted octanol–water partition coefficient (Wildman–Crippen LogP) is 2.50. The first-order valence-corrected chi connectivity index (χ1v) is 5.46. The van der Waals surface area contributed by atoms with Crippen molar-refractivity contribution in [3.63, 3.8) is 0 Å². The molecule has 16 heavy (non-hydrogen) atoms. The maximum atomic E-state index is 11.5. The zero-order valence-electron chi connectivity index (χ0n) is 10.1. The second kappa shape index (κ2) is 6.16. The van der Waals surface area contributed by atoms with Gasteiger partial charge in [0.2, 0.25) is 0 Å². The number of hydrogen-bond donors (Lipinski definition) is 0. The van der Waals surface area contributed by atoms with E-state index in [1.165, 1.54) is 0 Å². The first kappa shape index (κ1) is 12.6. The van der Waals surface area contributed by atoms with Crippen molar-refractivity contribution in [1.29, 1.82) is 0 Å². The van der Waals surface area contributed by atoms with Gasteiger partial charge >= 0.3 is 5.97 Å². The monoisotopic (exact) mass is 222 g/mol. The van der Waals surface area contributed by atoms with E-state index in [0.717, 1.165) is 23.3 Å². The summed E-state index contributed by atoms with van der Waals surface area (Å²) in [6, 6.07) is 5.78. The highest BCUT2D eigenvalue weighted by Gasteiger charge is 2.09. The van der Waals surface area contributed by atoms with Gasteiger partial charge in [0.25, 0.3) is 0 Å². The Hall–Kier alpha value is -1.51. The summed E-state index contributed by atoms with van der Waals surface area (Å²) in [5.41, 5.74) is 1.99. The van der Waals surface area contributed by atoms with Crippen LogP contribution in [0, 0.1) is 6.92 Å². The van der Waals surface area contributed by atoms with Gasteiger partial charge in [-0.1, -0.05) is 24.6 Å². The topological polar surface area (TPSA) is 35.5 Å². The van der Waals surface area contributed by atoms with Gasteiger partial charge in [-0.05, 0) is 19.4 Å². The summed E-state index contributed by atoms with van der Waals surface area (Å²) in [7, 11) is 1.60. The molecule has 0 heterocycles. The molecule has 0 saturated heterocycles. The molecular formula is C13H18O3. The number of rotatable bonds is 5. The van der Waals surface area contributed by atoms with Gasteiger partial charge in [-0.15, -0.1) is 0 Å². The summed E-state index contributed by atoms with van der Waals surface area (Å²) in [5, 5.41) is 0. The van der Waals surface area contributed by atoms with Gasteiger partial charge in [0, 0.05) is 5.56 Å². The Labute approximate surface area is 96.4 Å². The number of carbonyl (C=O) groups excluding carboxylic acids is 1. The number of aryl methyl sites for hydroxylation is 1. The lowest BCUT2D eigenvalue weighted by atomic mass is 10.1. The molecule has 0 spiro atoms. The third-order valence-corrected chi connectivity index (χ3v) is 2.24. The van der Waals surface area contributed by atoms with Crippen molar-refractivity contribution in [2.45, 2.75) is 26.7 Å². The summed E-state index contributed by atoms with van der Waals surface area (Å²) >= 11 is 0. The van der Waals surface area contributed by atoms with E-state index in [0.29, 0.717) is 6.61 Å². The van der Waals surface area contributed by atoms with Crippen LogP contribution in [0.25, 0.3) is 0 Å². The van der Waals surface area contributed by atoms with Crippen LogP contribution < -0.4 is 4.74 Å². The fraction of sp³-hybridized carbons (Fsp3) is 0.462. The first-order chi connectivity index (χ1) is 7.67. The summed E-state index contributed by atoms with van der Waals surface area (Å²) in [6.07, 6.45) is 1.11. The van der Waals surface area contributed by atoms with Crippen LogP contribution >= 0.6 is 0 Å². The van der Waals surface area contributed by atoms with E-state index in [9.17, 15) is 4.79 Å². The van der Waals surface area contributed by atoms with Crippen molar-refractivity contribution < 1.29 is 14.3 Å². The summed E-state index contributed by atoms with van der Waals surface area (Å²) < 4.78 is 10.2. The van der Waals surface area contributed by atoms with Gasteiger partial charge < -0.3 is 9.47 Å². The zero-order chi connectivity index (χ0) is 12.0. The van der Waals surface area contributed by atoms with E-state index in [2.05, 4.69) is 0 Å². The van der Waals surface area contributed by atoms with E-state index < -0.39 is 0 Å². The largest absolute Gasteiger partial charge is 0.496 e. The molecule has 0 amide bonds. The molecule has 0 unspecified atom stereocenters. The van der Waals surface area contributed by atoms with Gasteiger partial charge in [-0.2, -0.15) is 0 Å². The second-order valence-corrected chi connectivity index (χ2v) is 3.71. The van der Waals surface area contributed by atoms with Crippen LogP contribution in [0.15, 0.2) is 18.2 Å². The van der Waals surface area contributed by atoms with Crippen molar-refractivity contribution >= 4 is 5.97 Å². The Bertz CT molecular complexity index is 358. The number of ether oxygens (including phenoxy) is 2. The average molecular weight is 222 g/mol. The van der Waals surface area contributed by atoms with Crippen LogP contribution in [-0.4, -0.2) is 19.7 Å². The quantitative estimate of drug-likeness (QED) is 0.718. The molecule has 88 valence electrons. The van der Waals surface area contributed by atoms with Crippen molar-refractivity contribution in [1.82, 2.24) is 0 Å². The van der Waals surface area contributed by atoms with Crippen LogP contribution in [0.1, 0.15) is 24.5 Å². The third-order valence-electron chi connectivity index (χ3n) is 2.24. The molecule has 0 aliphatic rings. The third kappa shape index (κ3) is 3.57. The Balaban J connectivity index is 2.71. The van der Waals surface area contributed by atoms with Crippen LogP contribution in [0.2, 0.25) is 0 Å². The number of benzene rings is 1. The maximum Gasteiger partial charge on any atom is 0.310 e. The van der Waals surface area contributed by atoms with Crippen LogP contribution in [0.3, 0.4) is 0 Å². The molecule has 0 radical (unpaired) electrons. The van der Waals surface area contributed by atoms with Gasteiger partial charge in [-0.3, -0.25) is 4.79 Å². The van der Waals surface area contributed by atoms with Gasteiger partial charge in [-0.25, -0.2) is 0 Å². The first-order valence-electron chi connectivity index (χ1n) is 5.46. The number of esters is 1. The zero-order valence-corrected chi connectivity index (χ0v) is 10.1. The molecule has 1 aromatic rings. The lowest BCUT2D eigenvalue weighted by Gasteiger charge is -2.09. The van der Waals surface area contributed by atoms with Crippen molar-refractivity contribution in [2.75, 3.05) is 13.7 Å². The molecule has 0 bridgehead atoms. The normalized spacial score (nSPS) is 9.94. The van der Waals surface area contributed by atoms with Crippen molar-refractivity contribution in [3.05, 3.63) is 29.3 Å². The summed E-state index contributed by atoms with van der Waals surface area (Å²) in [5.74, 6) is 0.532. The minimum atomic E-state index is -0.203. The second-order valence-electron chi connectivity index (χ2n) is 3.71. The highest BCUT2D eigenvalue weighted by Crippen LogP contribution is 2.20. The summed E-state index contributed by atoms with van der Waals surface area (Å²) in [4.78, 5) is 11.5. The predicted molar refractivity (Wildman–Crippen MR) is 62.7 cm³/mol. The van der Waals surface area contributed by atoms with Gasteiger partial charge in [0.15, 0.2) is 0 Å². The van der Waals surface area contributed by atoms with Crippen molar-refractivity contribution in [2.24, 2.45) is 0 Å². The molecule has 0 fully saturated rings. The smallest absolute Gasteiger partial charge is 0.310 e. The van der Waals surface area contributed by atoms with E-state index >= 15 is 0 Å². The average Bonchev–Trinajstić information content (AvgIpc) is 2.27. The molecule has 0 saturated carbocycles. The van der Waals surface area contributed by atoms with E-state index in [-0.39, 0.29) is 12.4 Å². The van der Waals surface area contributed by atoms with Crippen LogP contribution in [0.5, 0.6) is 5.75 Å². The molecule has 0 aliphatic heterocycles. The molecule has 0 N–H and O–H groups in total. The number of methoxy groups -OCH3 is 1. The van der Waals surface area contributed by atoms with E-state index in [1.807, 2.05) is 32.0 Å². The molecule has 0 aliphatic carbocycles. The molecular weight excluding hydrogens is 204 g/mol. The standard InChI is InChI=1S/C13H18O3/c1-4-7-16-13(14)9-11-8-10(2)5-6-12(11)15-3/h5-6,8H,4,7,9H2,1-3H3. The highest BCUT2D eigenvalue weighted by atomic mass is 16.5. The fourth-order valence-electron chi connectivity index (χ4n) is 1.47. The van der Waals surface area contributed by atoms with Gasteiger partial charge in [0.1, 0.15) is 5.75 Å². The molecule has 3 heteroatoms. The molecule has 1 rings (SSSR count). The Morgan fingerprint density at radius 2 is 2.12 bits per heavy atom. The Morgan fingerprint density at radius 1 is 1.38 bits per heavy atom. The minimum Gasteiger partial charge on any atom is -0.496 e. The molecule has 3 nitrogen and oxygen atoms in total. The van der Waals surface area contributed by atoms with E-state index in [4.69, 9.17) is 9.47 Å². The highest BCUT2D eigenvalue weighted by molar-refractivity contribution is 5.73.